The Kier molecular flexibility index (Phi) is 5.34. The van der Waals surface area contributed by atoms with Crippen LogP contribution in [0.3, 0.4) is 0 Å². The van der Waals surface area contributed by atoms with Gasteiger partial charge in [0, 0.05) is 27.3 Å². The number of halogens is 1. The van der Waals surface area contributed by atoms with Crippen LogP contribution in [0.15, 0.2) is 62.6 Å². The third kappa shape index (κ3) is 3.68. The summed E-state index contributed by atoms with van der Waals surface area (Å²) in [5, 5.41) is 4.24. The van der Waals surface area contributed by atoms with Crippen LogP contribution in [0.4, 0.5) is 0 Å². The third-order valence-corrected chi connectivity index (χ3v) is 8.86. The molecular formula is C19H18BrNO2S3. The lowest BCUT2D eigenvalue weighted by atomic mass is 9.99. The minimum atomic E-state index is -3.29. The highest BCUT2D eigenvalue weighted by atomic mass is 79.9. The van der Waals surface area contributed by atoms with Gasteiger partial charge in [-0.3, -0.25) is 4.90 Å². The summed E-state index contributed by atoms with van der Waals surface area (Å²) < 4.78 is 26.4. The summed E-state index contributed by atoms with van der Waals surface area (Å²) in [7, 11) is -3.29. The highest BCUT2D eigenvalue weighted by molar-refractivity contribution is 9.10. The van der Waals surface area contributed by atoms with Crippen molar-refractivity contribution in [2.45, 2.75) is 17.4 Å². The molecule has 0 bridgehead atoms. The molecule has 26 heavy (non-hydrogen) atoms. The number of fused-ring (bicyclic) bond motifs is 1. The maximum absolute atomic E-state index is 12.7. The second-order valence-electron chi connectivity index (χ2n) is 6.28. The van der Waals surface area contributed by atoms with Gasteiger partial charge in [-0.1, -0.05) is 22.0 Å². The molecule has 1 aliphatic rings. The molecule has 0 saturated carbocycles. The van der Waals surface area contributed by atoms with E-state index >= 15 is 0 Å². The molecule has 2 aromatic heterocycles. The van der Waals surface area contributed by atoms with Crippen LogP contribution in [-0.2, 0) is 16.3 Å². The van der Waals surface area contributed by atoms with Gasteiger partial charge in [-0.25, -0.2) is 8.42 Å². The molecule has 7 heteroatoms. The minimum absolute atomic E-state index is 0.135. The molecule has 3 aromatic rings. The predicted octanol–water partition coefficient (Wildman–Crippen LogP) is 4.99. The molecule has 1 aromatic carbocycles. The van der Waals surface area contributed by atoms with E-state index in [4.69, 9.17) is 0 Å². The highest BCUT2D eigenvalue weighted by Crippen LogP contribution is 2.39. The minimum Gasteiger partial charge on any atom is -0.290 e. The van der Waals surface area contributed by atoms with E-state index in [1.165, 1.54) is 15.3 Å². The fourth-order valence-corrected chi connectivity index (χ4v) is 6.69. The molecular weight excluding hydrogens is 450 g/mol. The largest absolute Gasteiger partial charge is 0.290 e. The summed E-state index contributed by atoms with van der Waals surface area (Å²) >= 11 is 6.90. The number of hydrogen-bond donors (Lipinski definition) is 0. The van der Waals surface area contributed by atoms with E-state index in [2.05, 4.69) is 49.8 Å². The number of nitrogens with zero attached hydrogens (tertiary/aromatic N) is 1. The van der Waals surface area contributed by atoms with E-state index in [-0.39, 0.29) is 11.8 Å². The van der Waals surface area contributed by atoms with E-state index in [1.54, 1.807) is 46.9 Å². The number of sulfone groups is 1. The van der Waals surface area contributed by atoms with Gasteiger partial charge in [0.25, 0.3) is 0 Å². The first-order valence-corrected chi connectivity index (χ1v) is 12.6. The number of rotatable bonds is 5. The fraction of sp³-hybridized carbons (Fsp3) is 0.263. The molecule has 1 unspecified atom stereocenters. The van der Waals surface area contributed by atoms with Gasteiger partial charge in [-0.15, -0.1) is 22.7 Å². The Morgan fingerprint density at radius 3 is 2.62 bits per heavy atom. The Hall–Kier alpha value is -0.990. The summed E-state index contributed by atoms with van der Waals surface area (Å²) in [6, 6.07) is 13.5. The molecule has 3 heterocycles. The molecule has 0 spiro atoms. The molecule has 136 valence electrons. The first-order chi connectivity index (χ1) is 12.5. The summed E-state index contributed by atoms with van der Waals surface area (Å²) in [5.74, 6) is 0.135. The molecule has 4 rings (SSSR count). The van der Waals surface area contributed by atoms with E-state index in [1.807, 2.05) is 0 Å². The second-order valence-corrected chi connectivity index (χ2v) is 11.3. The van der Waals surface area contributed by atoms with Crippen LogP contribution in [0.1, 0.15) is 21.4 Å². The lowest BCUT2D eigenvalue weighted by Crippen LogP contribution is -2.38. The zero-order chi connectivity index (χ0) is 18.1. The van der Waals surface area contributed by atoms with E-state index in [9.17, 15) is 8.42 Å². The van der Waals surface area contributed by atoms with Crippen molar-refractivity contribution in [2.75, 3.05) is 18.8 Å². The predicted molar refractivity (Wildman–Crippen MR) is 112 cm³/mol. The Bertz CT molecular complexity index is 978. The van der Waals surface area contributed by atoms with Crippen molar-refractivity contribution < 1.29 is 8.42 Å². The van der Waals surface area contributed by atoms with Crippen molar-refractivity contribution in [3.05, 3.63) is 73.0 Å². The van der Waals surface area contributed by atoms with Crippen LogP contribution in [0.2, 0.25) is 0 Å². The Morgan fingerprint density at radius 2 is 1.88 bits per heavy atom. The molecule has 0 fully saturated rings. The van der Waals surface area contributed by atoms with Gasteiger partial charge >= 0.3 is 0 Å². The van der Waals surface area contributed by atoms with Crippen LogP contribution in [-0.4, -0.2) is 32.2 Å². The average Bonchev–Trinajstić information content (AvgIpc) is 3.31. The summed E-state index contributed by atoms with van der Waals surface area (Å²) in [5.41, 5.74) is 1.34. The van der Waals surface area contributed by atoms with Gasteiger partial charge in [-0.2, -0.15) is 0 Å². The van der Waals surface area contributed by atoms with E-state index in [0.29, 0.717) is 11.4 Å². The topological polar surface area (TPSA) is 37.4 Å². The summed E-state index contributed by atoms with van der Waals surface area (Å²) in [6.45, 7) is 1.43. The molecule has 1 aliphatic heterocycles. The molecule has 0 aliphatic carbocycles. The highest BCUT2D eigenvalue weighted by Gasteiger charge is 2.31. The summed E-state index contributed by atoms with van der Waals surface area (Å²) in [4.78, 5) is 5.42. The average molecular weight is 468 g/mol. The van der Waals surface area contributed by atoms with Crippen molar-refractivity contribution in [3.8, 4) is 0 Å². The zero-order valence-corrected chi connectivity index (χ0v) is 18.0. The first kappa shape index (κ1) is 18.4. The van der Waals surface area contributed by atoms with Crippen molar-refractivity contribution in [2.24, 2.45) is 0 Å². The SMILES string of the molecule is O=S(=O)(CCN1CCc2sccc2C1c1cccs1)c1ccc(Br)cc1. The van der Waals surface area contributed by atoms with Crippen LogP contribution < -0.4 is 0 Å². The maximum Gasteiger partial charge on any atom is 0.179 e. The summed E-state index contributed by atoms with van der Waals surface area (Å²) in [6.07, 6.45) is 0.993. The Balaban J connectivity index is 1.56. The lowest BCUT2D eigenvalue weighted by Gasteiger charge is -2.35. The smallest absolute Gasteiger partial charge is 0.179 e. The van der Waals surface area contributed by atoms with Gasteiger partial charge in [-0.05, 0) is 59.1 Å². The van der Waals surface area contributed by atoms with Crippen LogP contribution >= 0.6 is 38.6 Å². The molecule has 0 amide bonds. The number of thiophene rings is 2. The monoisotopic (exact) mass is 467 g/mol. The zero-order valence-electron chi connectivity index (χ0n) is 14.0. The molecule has 0 radical (unpaired) electrons. The Labute approximate surface area is 170 Å². The lowest BCUT2D eigenvalue weighted by molar-refractivity contribution is 0.231. The van der Waals surface area contributed by atoms with Crippen LogP contribution in [0.5, 0.6) is 0 Å². The van der Waals surface area contributed by atoms with Gasteiger partial charge in [0.05, 0.1) is 16.7 Å². The van der Waals surface area contributed by atoms with Crippen molar-refractivity contribution in [1.82, 2.24) is 4.90 Å². The normalized spacial score (nSPS) is 18.0. The van der Waals surface area contributed by atoms with Crippen LogP contribution in [0.25, 0.3) is 0 Å². The van der Waals surface area contributed by atoms with E-state index in [0.717, 1.165) is 17.4 Å². The molecule has 0 N–H and O–H groups in total. The van der Waals surface area contributed by atoms with E-state index < -0.39 is 9.84 Å². The first-order valence-electron chi connectivity index (χ1n) is 8.37. The van der Waals surface area contributed by atoms with Gasteiger partial charge < -0.3 is 0 Å². The van der Waals surface area contributed by atoms with Crippen molar-refractivity contribution >= 4 is 48.4 Å². The number of benzene rings is 1. The van der Waals surface area contributed by atoms with Crippen LogP contribution in [0, 0.1) is 0 Å². The van der Waals surface area contributed by atoms with Gasteiger partial charge in [0.15, 0.2) is 9.84 Å². The third-order valence-electron chi connectivity index (χ3n) is 4.70. The Morgan fingerprint density at radius 1 is 1.08 bits per heavy atom. The number of hydrogen-bond acceptors (Lipinski definition) is 5. The fourth-order valence-electron chi connectivity index (χ4n) is 3.39. The quantitative estimate of drug-likeness (QED) is 0.529. The second kappa shape index (κ2) is 7.56. The van der Waals surface area contributed by atoms with Gasteiger partial charge in [0.2, 0.25) is 0 Å². The van der Waals surface area contributed by atoms with Crippen molar-refractivity contribution in [1.29, 1.82) is 0 Å². The molecule has 0 saturated heterocycles. The molecule has 1 atom stereocenters. The van der Waals surface area contributed by atoms with Gasteiger partial charge in [0.1, 0.15) is 0 Å². The van der Waals surface area contributed by atoms with Crippen molar-refractivity contribution in [3.63, 3.8) is 0 Å². The molecule has 3 nitrogen and oxygen atoms in total. The maximum atomic E-state index is 12.7. The standard InChI is InChI=1S/C19H18BrNO2S3/c20-14-3-5-15(6-4-14)26(22,23)13-10-21-9-7-17-16(8-12-25-17)19(21)18-2-1-11-24-18/h1-6,8,11-12,19H,7,9-10,13H2.